The summed E-state index contributed by atoms with van der Waals surface area (Å²) >= 11 is 0. The summed E-state index contributed by atoms with van der Waals surface area (Å²) in [5.74, 6) is -3.40. The largest absolute Gasteiger partial charge is 0.455 e. The van der Waals surface area contributed by atoms with Gasteiger partial charge in [-0.15, -0.1) is 13.2 Å². The van der Waals surface area contributed by atoms with Crippen molar-refractivity contribution in [2.24, 2.45) is 11.8 Å². The van der Waals surface area contributed by atoms with Crippen molar-refractivity contribution in [1.82, 2.24) is 15.1 Å². The van der Waals surface area contributed by atoms with E-state index in [2.05, 4.69) is 18.5 Å². The first-order valence-corrected chi connectivity index (χ1v) is 16.5. The van der Waals surface area contributed by atoms with E-state index >= 15 is 0 Å². The topological polar surface area (TPSA) is 125 Å². The smallest absolute Gasteiger partial charge is 0.313 e. The van der Waals surface area contributed by atoms with Gasteiger partial charge >= 0.3 is 5.97 Å². The van der Waals surface area contributed by atoms with E-state index in [1.165, 1.54) is 4.90 Å². The molecular weight excluding hydrogens is 598 g/mol. The highest BCUT2D eigenvalue weighted by atomic mass is 16.6. The van der Waals surface area contributed by atoms with Crippen LogP contribution >= 0.6 is 0 Å². The average Bonchev–Trinajstić information content (AvgIpc) is 3.74. The third-order valence-electron chi connectivity index (χ3n) is 9.69. The third-order valence-corrected chi connectivity index (χ3v) is 9.69. The minimum atomic E-state index is -1.25. The van der Waals surface area contributed by atoms with Crippen molar-refractivity contribution in [3.8, 4) is 0 Å². The van der Waals surface area contributed by atoms with Crippen LogP contribution in [-0.2, 0) is 35.2 Å². The first-order chi connectivity index (χ1) is 22.8. The van der Waals surface area contributed by atoms with Crippen molar-refractivity contribution in [3.05, 3.63) is 97.1 Å². The van der Waals surface area contributed by atoms with E-state index in [-0.39, 0.29) is 43.8 Å². The molecule has 2 bridgehead atoms. The zero-order valence-corrected chi connectivity index (χ0v) is 27.0. The number of rotatable bonds is 16. The van der Waals surface area contributed by atoms with E-state index in [1.54, 1.807) is 17.1 Å². The van der Waals surface area contributed by atoms with Crippen LogP contribution in [0.4, 0.5) is 0 Å². The number of nitrogens with zero attached hydrogens (tertiary/aromatic N) is 2. The van der Waals surface area contributed by atoms with Crippen LogP contribution in [0, 0.1) is 11.8 Å². The molecule has 0 saturated carbocycles. The molecule has 3 amide bonds. The molecule has 5 rings (SSSR count). The molecule has 47 heavy (non-hydrogen) atoms. The van der Waals surface area contributed by atoms with Gasteiger partial charge in [0.15, 0.2) is 0 Å². The number of fused-ring (bicyclic) bond motifs is 1. The van der Waals surface area contributed by atoms with Crippen molar-refractivity contribution in [2.45, 2.75) is 75.5 Å². The molecule has 3 heterocycles. The second-order valence-electron chi connectivity index (χ2n) is 12.5. The first kappa shape index (κ1) is 34.1. The standard InChI is InChI=1S/C37H45N3O7/c1-4-7-18-30(42)38-22-29(26-16-12-9-13-17-26)46-36(45)31-28-19-20-37(47-28)32(31)34(43)40(27(6-3)24-41)33(37)35(44)39(21-5-2)23-25-14-10-8-11-15-25/h4-5,8-17,27-29,31-33,41H,1-2,6-7,18-24H2,3H3,(H,38,42)/t27-,28+,29+,31-,32-,33+,37-/m0/s1. The van der Waals surface area contributed by atoms with E-state index in [0.717, 1.165) is 5.56 Å². The van der Waals surface area contributed by atoms with Gasteiger partial charge in [0, 0.05) is 19.5 Å². The molecule has 10 heteroatoms. The lowest BCUT2D eigenvalue weighted by Crippen LogP contribution is -2.58. The molecule has 3 fully saturated rings. The first-order valence-electron chi connectivity index (χ1n) is 16.5. The van der Waals surface area contributed by atoms with Gasteiger partial charge in [-0.2, -0.15) is 0 Å². The molecule has 0 aliphatic carbocycles. The molecule has 2 aromatic rings. The van der Waals surface area contributed by atoms with E-state index < -0.39 is 47.7 Å². The number of amides is 3. The maximum Gasteiger partial charge on any atom is 0.313 e. The molecule has 2 N–H and O–H groups in total. The zero-order valence-electron chi connectivity index (χ0n) is 27.0. The minimum absolute atomic E-state index is 0.0549. The van der Waals surface area contributed by atoms with E-state index in [9.17, 15) is 24.3 Å². The number of nitrogens with one attached hydrogen (secondary N) is 1. The number of ether oxygens (including phenoxy) is 2. The fraction of sp³-hybridized carbons (Fsp3) is 0.459. The second-order valence-corrected chi connectivity index (χ2v) is 12.5. The van der Waals surface area contributed by atoms with Crippen molar-refractivity contribution in [1.29, 1.82) is 0 Å². The number of benzene rings is 2. The van der Waals surface area contributed by atoms with Gasteiger partial charge < -0.3 is 29.7 Å². The lowest BCUT2D eigenvalue weighted by molar-refractivity contribution is -0.161. The highest BCUT2D eigenvalue weighted by molar-refractivity contribution is 5.98. The molecule has 2 aromatic carbocycles. The molecule has 10 nitrogen and oxygen atoms in total. The fourth-order valence-corrected chi connectivity index (χ4v) is 7.45. The Morgan fingerprint density at radius 2 is 1.83 bits per heavy atom. The van der Waals surface area contributed by atoms with Crippen LogP contribution in [0.15, 0.2) is 86.0 Å². The number of aliphatic hydroxyl groups excluding tert-OH is 1. The summed E-state index contributed by atoms with van der Waals surface area (Å²) in [6, 6.07) is 17.0. The van der Waals surface area contributed by atoms with Crippen LogP contribution in [-0.4, -0.2) is 82.1 Å². The molecule has 250 valence electrons. The quantitative estimate of drug-likeness (QED) is 0.211. The van der Waals surface area contributed by atoms with Crippen molar-refractivity contribution < 1.29 is 33.8 Å². The Morgan fingerprint density at radius 1 is 1.13 bits per heavy atom. The number of allylic oxidation sites excluding steroid dienone is 1. The van der Waals surface area contributed by atoms with Crippen LogP contribution in [0.25, 0.3) is 0 Å². The minimum Gasteiger partial charge on any atom is -0.455 e. The van der Waals surface area contributed by atoms with Crippen molar-refractivity contribution in [3.63, 3.8) is 0 Å². The Hall–Kier alpha value is -4.28. The Bertz CT molecular complexity index is 1450. The van der Waals surface area contributed by atoms with Gasteiger partial charge in [-0.25, -0.2) is 0 Å². The summed E-state index contributed by atoms with van der Waals surface area (Å²) in [7, 11) is 0. The predicted octanol–water partition coefficient (Wildman–Crippen LogP) is 3.71. The normalized spacial score (nSPS) is 25.5. The molecule has 7 atom stereocenters. The average molecular weight is 644 g/mol. The Kier molecular flexibility index (Phi) is 10.9. The second kappa shape index (κ2) is 15.1. The predicted molar refractivity (Wildman–Crippen MR) is 175 cm³/mol. The number of hydrogen-bond acceptors (Lipinski definition) is 7. The van der Waals surface area contributed by atoms with Gasteiger partial charge in [0.1, 0.15) is 17.7 Å². The summed E-state index contributed by atoms with van der Waals surface area (Å²) in [5, 5.41) is 13.2. The summed E-state index contributed by atoms with van der Waals surface area (Å²) in [5.41, 5.74) is 0.370. The van der Waals surface area contributed by atoms with Crippen LogP contribution in [0.1, 0.15) is 56.3 Å². The van der Waals surface area contributed by atoms with E-state index in [0.29, 0.717) is 37.8 Å². The Morgan fingerprint density at radius 3 is 2.47 bits per heavy atom. The molecule has 0 aromatic heterocycles. The summed E-state index contributed by atoms with van der Waals surface area (Å²) in [6.07, 6.45) is 3.99. The highest BCUT2D eigenvalue weighted by Gasteiger charge is 2.75. The summed E-state index contributed by atoms with van der Waals surface area (Å²) < 4.78 is 12.7. The van der Waals surface area contributed by atoms with E-state index in [1.807, 2.05) is 67.6 Å². The molecule has 3 saturated heterocycles. The van der Waals surface area contributed by atoms with Gasteiger partial charge in [-0.1, -0.05) is 79.7 Å². The molecule has 1 spiro atoms. The number of likely N-dealkylation sites (tertiary alicyclic amines) is 1. The number of hydrogen-bond donors (Lipinski definition) is 2. The SMILES string of the molecule is C=CCCC(=O)NC[C@@H](OC(=O)[C@@H]1[C@H]2C(=O)N([C@@H](CC)CO)[C@H](C(=O)N(CC=C)Cc3ccccc3)[C@]23CC[C@H]1O3)c1ccccc1. The highest BCUT2D eigenvalue weighted by Crippen LogP contribution is 2.59. The molecule has 3 aliphatic heterocycles. The molecular formula is C37H45N3O7. The molecule has 0 radical (unpaired) electrons. The van der Waals surface area contributed by atoms with Crippen LogP contribution in [0.2, 0.25) is 0 Å². The zero-order chi connectivity index (χ0) is 33.6. The number of aliphatic hydroxyl groups is 1. The molecule has 0 unspecified atom stereocenters. The van der Waals surface area contributed by atoms with Crippen LogP contribution in [0.5, 0.6) is 0 Å². The summed E-state index contributed by atoms with van der Waals surface area (Å²) in [6.45, 7) is 9.62. The number of esters is 1. The Balaban J connectivity index is 1.45. The number of carbonyl (C=O) groups is 4. The maximum atomic E-state index is 14.6. The number of carbonyl (C=O) groups excluding carboxylic acids is 4. The van der Waals surface area contributed by atoms with Gasteiger partial charge in [0.25, 0.3) is 0 Å². The Labute approximate surface area is 276 Å². The molecule has 3 aliphatic rings. The maximum absolute atomic E-state index is 14.6. The van der Waals surface area contributed by atoms with Crippen molar-refractivity contribution >= 4 is 23.7 Å². The van der Waals surface area contributed by atoms with Gasteiger partial charge in [0.05, 0.1) is 37.1 Å². The fourth-order valence-electron chi connectivity index (χ4n) is 7.45. The van der Waals surface area contributed by atoms with Crippen molar-refractivity contribution in [2.75, 3.05) is 19.7 Å². The third kappa shape index (κ3) is 6.75. The lowest BCUT2D eigenvalue weighted by Gasteiger charge is -2.39. The van der Waals surface area contributed by atoms with Crippen LogP contribution in [0.3, 0.4) is 0 Å². The summed E-state index contributed by atoms with van der Waals surface area (Å²) in [4.78, 5) is 58.7. The van der Waals surface area contributed by atoms with Crippen LogP contribution < -0.4 is 5.32 Å². The van der Waals surface area contributed by atoms with Gasteiger partial charge in [0.2, 0.25) is 17.7 Å². The van der Waals surface area contributed by atoms with Gasteiger partial charge in [-0.3, -0.25) is 19.2 Å². The van der Waals surface area contributed by atoms with Gasteiger partial charge in [-0.05, 0) is 36.8 Å². The lowest BCUT2D eigenvalue weighted by atomic mass is 9.70. The monoisotopic (exact) mass is 643 g/mol. The van der Waals surface area contributed by atoms with E-state index in [4.69, 9.17) is 9.47 Å².